The van der Waals surface area contributed by atoms with Gasteiger partial charge in [-0.15, -0.1) is 0 Å². The van der Waals surface area contributed by atoms with Crippen LogP contribution < -0.4 is 0 Å². The molecule has 0 bridgehead atoms. The van der Waals surface area contributed by atoms with E-state index in [0.29, 0.717) is 13.1 Å². The minimum absolute atomic E-state index is 0.0811. The molecule has 2 heteroatoms. The van der Waals surface area contributed by atoms with Crippen molar-refractivity contribution < 1.29 is 7.48 Å². The lowest BCUT2D eigenvalue weighted by Crippen LogP contribution is -2.44. The summed E-state index contributed by atoms with van der Waals surface area (Å²) in [4.78, 5) is 1.86. The van der Waals surface area contributed by atoms with Crippen LogP contribution in [0.1, 0.15) is 22.2 Å². The first-order valence-corrected chi connectivity index (χ1v) is 5.44. The molecule has 1 aliphatic heterocycles. The van der Waals surface area contributed by atoms with E-state index in [1.165, 1.54) is 0 Å². The number of rotatable bonds is 2. The summed E-state index contributed by atoms with van der Waals surface area (Å²) in [5.41, 5.74) is 1.14. The minimum atomic E-state index is -1.40. The predicted molar refractivity (Wildman–Crippen MR) is 61.7 cm³/mol. The maximum atomic E-state index is 8.10. The van der Waals surface area contributed by atoms with E-state index < -0.39 is 12.6 Å². The number of benzene rings is 1. The fraction of sp³-hybridized carbons (Fsp3) is 0.538. The molecule has 0 aliphatic carbocycles. The van der Waals surface area contributed by atoms with Crippen molar-refractivity contribution in [2.45, 2.75) is 32.6 Å². The molecule has 1 heterocycles. The van der Waals surface area contributed by atoms with E-state index in [9.17, 15) is 0 Å². The van der Waals surface area contributed by atoms with Crippen molar-refractivity contribution in [3.8, 4) is 0 Å². The highest BCUT2D eigenvalue weighted by molar-refractivity contribution is 5.14. The summed E-state index contributed by atoms with van der Waals surface area (Å²) < 4.78 is 21.7. The molecule has 0 unspecified atom stereocenters. The van der Waals surface area contributed by atoms with Gasteiger partial charge in [0.25, 0.3) is 0 Å². The number of morpholine rings is 1. The van der Waals surface area contributed by atoms with Crippen molar-refractivity contribution in [1.29, 1.82) is 0 Å². The molecule has 1 fully saturated rings. The molecular weight excluding hydrogens is 186 g/mol. The van der Waals surface area contributed by atoms with E-state index in [4.69, 9.17) is 7.48 Å². The molecule has 0 radical (unpaired) electrons. The molecule has 2 atom stereocenters. The molecule has 0 saturated carbocycles. The van der Waals surface area contributed by atoms with E-state index >= 15 is 0 Å². The van der Waals surface area contributed by atoms with Crippen molar-refractivity contribution in [3.05, 3.63) is 35.9 Å². The van der Waals surface area contributed by atoms with Crippen molar-refractivity contribution in [3.63, 3.8) is 0 Å². The number of nitrogens with zero attached hydrogens (tertiary/aromatic N) is 1. The largest absolute Gasteiger partial charge is 0.373 e. The summed E-state index contributed by atoms with van der Waals surface area (Å²) in [6.45, 7) is 3.65. The third-order valence-corrected chi connectivity index (χ3v) is 2.49. The molecular formula is C13H19NO. The van der Waals surface area contributed by atoms with E-state index in [2.05, 4.69) is 0 Å². The van der Waals surface area contributed by atoms with Gasteiger partial charge in [-0.05, 0) is 19.4 Å². The zero-order chi connectivity index (χ0) is 12.5. The summed E-state index contributed by atoms with van der Waals surface area (Å²) >= 11 is 0. The lowest BCUT2D eigenvalue weighted by Gasteiger charge is -2.35. The van der Waals surface area contributed by atoms with Gasteiger partial charge in [-0.1, -0.05) is 30.3 Å². The smallest absolute Gasteiger partial charge is 0.0678 e. The van der Waals surface area contributed by atoms with Crippen LogP contribution in [0.5, 0.6) is 0 Å². The summed E-state index contributed by atoms with van der Waals surface area (Å²) in [6.07, 6.45) is -0.313. The number of ether oxygens (including phenoxy) is 1. The van der Waals surface area contributed by atoms with Crippen LogP contribution >= 0.6 is 0 Å². The van der Waals surface area contributed by atoms with Crippen LogP contribution in [0.4, 0.5) is 0 Å². The molecule has 82 valence electrons. The molecule has 2 nitrogen and oxygen atoms in total. The fourth-order valence-corrected chi connectivity index (χ4v) is 1.96. The van der Waals surface area contributed by atoms with E-state index in [-0.39, 0.29) is 6.10 Å². The molecule has 0 N–H and O–H groups in total. The van der Waals surface area contributed by atoms with Crippen LogP contribution in [0.2, 0.25) is 0 Å². The van der Waals surface area contributed by atoms with Crippen molar-refractivity contribution in [1.82, 2.24) is 4.90 Å². The van der Waals surface area contributed by atoms with Gasteiger partial charge in [0.15, 0.2) is 0 Å². The first kappa shape index (κ1) is 8.31. The Kier molecular flexibility index (Phi) is 2.65. The first-order chi connectivity index (χ1) is 8.00. The first-order valence-electron chi connectivity index (χ1n) is 6.44. The maximum Gasteiger partial charge on any atom is 0.0678 e. The average Bonchev–Trinajstić information content (AvgIpc) is 2.27. The second-order valence-electron chi connectivity index (χ2n) is 4.08. The molecule has 1 aromatic carbocycles. The Bertz CT molecular complexity index is 369. The highest BCUT2D eigenvalue weighted by atomic mass is 16.5. The summed E-state index contributed by atoms with van der Waals surface area (Å²) in [7, 11) is 0. The molecule has 0 amide bonds. The highest BCUT2D eigenvalue weighted by Crippen LogP contribution is 2.13. The minimum Gasteiger partial charge on any atom is -0.373 e. The second-order valence-corrected chi connectivity index (χ2v) is 4.08. The molecule has 0 spiro atoms. The van der Waals surface area contributed by atoms with E-state index in [0.717, 1.165) is 5.56 Å². The lowest BCUT2D eigenvalue weighted by molar-refractivity contribution is -0.0704. The Morgan fingerprint density at radius 2 is 2.07 bits per heavy atom. The maximum absolute atomic E-state index is 8.10. The third-order valence-electron chi connectivity index (χ3n) is 2.49. The van der Waals surface area contributed by atoms with Crippen LogP contribution in [0, 0.1) is 0 Å². The second kappa shape index (κ2) is 4.77. The zero-order valence-electron chi connectivity index (χ0n) is 11.3. The monoisotopic (exact) mass is 207 g/mol. The topological polar surface area (TPSA) is 12.5 Å². The van der Waals surface area contributed by atoms with Gasteiger partial charge in [0.1, 0.15) is 0 Å². The third kappa shape index (κ3) is 3.05. The Hall–Kier alpha value is -0.860. The van der Waals surface area contributed by atoms with Crippen LogP contribution in [-0.4, -0.2) is 30.1 Å². The van der Waals surface area contributed by atoms with Gasteiger partial charge in [0, 0.05) is 22.3 Å². The quantitative estimate of drug-likeness (QED) is 0.738. The molecule has 1 aromatic rings. The Morgan fingerprint density at radius 3 is 2.80 bits per heavy atom. The van der Waals surface area contributed by atoms with Gasteiger partial charge in [-0.25, -0.2) is 0 Å². The predicted octanol–water partition coefficient (Wildman–Crippen LogP) is 2.30. The van der Waals surface area contributed by atoms with Gasteiger partial charge < -0.3 is 4.74 Å². The molecule has 2 rings (SSSR count). The van der Waals surface area contributed by atoms with Crippen LogP contribution in [0.15, 0.2) is 30.3 Å². The molecule has 1 aliphatic rings. The van der Waals surface area contributed by atoms with Crippen molar-refractivity contribution in [2.75, 3.05) is 13.0 Å². The standard InChI is InChI=1S/C13H19NO/c1-11-8-14(9-12(2)15-11)10-13-6-4-3-5-7-13/h3-7,11-12H,8-10H2,1-2H3/t11-,12+/i8D2/m1/s1. The average molecular weight is 207 g/mol. The molecule has 1 saturated heterocycles. The highest BCUT2D eigenvalue weighted by Gasteiger charge is 2.21. The van der Waals surface area contributed by atoms with Gasteiger partial charge in [0.2, 0.25) is 0 Å². The van der Waals surface area contributed by atoms with Crippen molar-refractivity contribution >= 4 is 0 Å². The van der Waals surface area contributed by atoms with Crippen LogP contribution in [0.25, 0.3) is 0 Å². The van der Waals surface area contributed by atoms with Crippen LogP contribution in [0.3, 0.4) is 0 Å². The molecule has 15 heavy (non-hydrogen) atoms. The Balaban J connectivity index is 2.13. The summed E-state index contributed by atoms with van der Waals surface area (Å²) in [6, 6.07) is 10.0. The van der Waals surface area contributed by atoms with E-state index in [1.807, 2.05) is 42.2 Å². The Labute approximate surface area is 94.7 Å². The van der Waals surface area contributed by atoms with E-state index in [1.54, 1.807) is 6.92 Å². The van der Waals surface area contributed by atoms with Gasteiger partial charge in [-0.2, -0.15) is 0 Å². The van der Waals surface area contributed by atoms with Gasteiger partial charge in [-0.3, -0.25) is 4.90 Å². The summed E-state index contributed by atoms with van der Waals surface area (Å²) in [5.74, 6) is 0. The zero-order valence-corrected chi connectivity index (χ0v) is 9.31. The SMILES string of the molecule is [2H]C1([2H])[C@@H](C)O[C@@H](C)CN1Cc1ccccc1. The number of hydrogen-bond acceptors (Lipinski definition) is 2. The fourth-order valence-electron chi connectivity index (χ4n) is 1.96. The summed E-state index contributed by atoms with van der Waals surface area (Å²) in [5, 5.41) is 0. The normalized spacial score (nSPS) is 33.2. The van der Waals surface area contributed by atoms with Gasteiger partial charge in [0.05, 0.1) is 12.2 Å². The van der Waals surface area contributed by atoms with Gasteiger partial charge >= 0.3 is 0 Å². The molecule has 0 aromatic heterocycles. The Morgan fingerprint density at radius 1 is 1.33 bits per heavy atom. The van der Waals surface area contributed by atoms with Crippen molar-refractivity contribution in [2.24, 2.45) is 0 Å². The number of hydrogen-bond donors (Lipinski definition) is 0. The lowest BCUT2D eigenvalue weighted by atomic mass is 10.1. The van der Waals surface area contributed by atoms with Crippen LogP contribution in [-0.2, 0) is 11.3 Å².